The molecular weight excluding hydrogens is 268 g/mol. The van der Waals surface area contributed by atoms with E-state index in [1.165, 1.54) is 12.8 Å². The number of rotatable bonds is 3. The normalized spacial score (nSPS) is 17.4. The van der Waals surface area contributed by atoms with Gasteiger partial charge >= 0.3 is 0 Å². The molecule has 1 aromatic rings. The molecule has 1 saturated heterocycles. The van der Waals surface area contributed by atoms with Crippen LogP contribution in [-0.4, -0.2) is 31.8 Å². The summed E-state index contributed by atoms with van der Waals surface area (Å²) >= 11 is 3.40. The van der Waals surface area contributed by atoms with E-state index in [0.717, 1.165) is 36.0 Å². The monoisotopic (exact) mass is 284 g/mol. The number of ether oxygens (including phenoxy) is 1. The Balaban J connectivity index is 1.91. The molecule has 0 radical (unpaired) electrons. The molecule has 2 heterocycles. The first-order valence-corrected chi connectivity index (χ1v) is 6.45. The van der Waals surface area contributed by atoms with E-state index < -0.39 is 0 Å². The van der Waals surface area contributed by atoms with Gasteiger partial charge in [0.15, 0.2) is 0 Å². The van der Waals surface area contributed by atoms with Gasteiger partial charge < -0.3 is 9.64 Å². The maximum Gasteiger partial charge on any atom is 0.128 e. The van der Waals surface area contributed by atoms with E-state index >= 15 is 0 Å². The number of nitrogens with zero attached hydrogens (tertiary/aromatic N) is 2. The van der Waals surface area contributed by atoms with Crippen molar-refractivity contribution in [2.24, 2.45) is 5.92 Å². The van der Waals surface area contributed by atoms with Crippen molar-refractivity contribution < 1.29 is 4.74 Å². The average Bonchev–Trinajstić information content (AvgIpc) is 2.31. The molecule has 0 atom stereocenters. The van der Waals surface area contributed by atoms with E-state index in [0.29, 0.717) is 0 Å². The third-order valence-corrected chi connectivity index (χ3v) is 3.44. The molecule has 1 aliphatic rings. The number of hydrogen-bond donors (Lipinski definition) is 0. The Bertz CT molecular complexity index is 322. The molecule has 0 saturated carbocycles. The fourth-order valence-corrected chi connectivity index (χ4v) is 2.24. The molecule has 0 bridgehead atoms. The molecule has 0 spiro atoms. The number of aromatic nitrogens is 1. The standard InChI is InChI=1S/C12H17BrN2O/c1-15(9-10-4-6-16-7-5-10)12-3-2-11(13)8-14-12/h2-3,8,10H,4-7,9H2,1H3. The Labute approximate surface area is 105 Å². The summed E-state index contributed by atoms with van der Waals surface area (Å²) in [4.78, 5) is 6.62. The van der Waals surface area contributed by atoms with Crippen molar-refractivity contribution in [2.45, 2.75) is 12.8 Å². The van der Waals surface area contributed by atoms with Gasteiger partial charge in [-0.1, -0.05) is 0 Å². The predicted octanol–water partition coefficient (Wildman–Crippen LogP) is 2.71. The topological polar surface area (TPSA) is 25.4 Å². The zero-order chi connectivity index (χ0) is 11.4. The largest absolute Gasteiger partial charge is 0.381 e. The molecule has 1 aromatic heterocycles. The van der Waals surface area contributed by atoms with Gasteiger partial charge in [-0.3, -0.25) is 0 Å². The van der Waals surface area contributed by atoms with Crippen LogP contribution in [0.4, 0.5) is 5.82 Å². The van der Waals surface area contributed by atoms with Crippen LogP contribution in [0.15, 0.2) is 22.8 Å². The lowest BCUT2D eigenvalue weighted by Crippen LogP contribution is -2.29. The first kappa shape index (κ1) is 11.9. The zero-order valence-electron chi connectivity index (χ0n) is 9.53. The quantitative estimate of drug-likeness (QED) is 0.854. The Morgan fingerprint density at radius 3 is 2.81 bits per heavy atom. The molecule has 3 nitrogen and oxygen atoms in total. The lowest BCUT2D eigenvalue weighted by molar-refractivity contribution is 0.0685. The molecule has 0 N–H and O–H groups in total. The van der Waals surface area contributed by atoms with Crippen LogP contribution < -0.4 is 4.90 Å². The highest BCUT2D eigenvalue weighted by Gasteiger charge is 2.16. The predicted molar refractivity (Wildman–Crippen MR) is 68.8 cm³/mol. The first-order valence-electron chi connectivity index (χ1n) is 5.66. The molecule has 2 rings (SSSR count). The number of hydrogen-bond acceptors (Lipinski definition) is 3. The summed E-state index contributed by atoms with van der Waals surface area (Å²) in [7, 11) is 2.10. The third-order valence-electron chi connectivity index (χ3n) is 2.98. The van der Waals surface area contributed by atoms with Gasteiger partial charge in [-0.2, -0.15) is 0 Å². The van der Waals surface area contributed by atoms with Gasteiger partial charge in [0.2, 0.25) is 0 Å². The lowest BCUT2D eigenvalue weighted by Gasteiger charge is -2.27. The SMILES string of the molecule is CN(CC1CCOCC1)c1ccc(Br)cn1. The highest BCUT2D eigenvalue weighted by atomic mass is 79.9. The Kier molecular flexibility index (Phi) is 4.18. The number of pyridine rings is 1. The van der Waals surface area contributed by atoms with Crippen LogP contribution in [0.2, 0.25) is 0 Å². The Hall–Kier alpha value is -0.610. The van der Waals surface area contributed by atoms with Crippen molar-refractivity contribution in [3.63, 3.8) is 0 Å². The van der Waals surface area contributed by atoms with Gasteiger partial charge in [0.25, 0.3) is 0 Å². The fraction of sp³-hybridized carbons (Fsp3) is 0.583. The van der Waals surface area contributed by atoms with Gasteiger partial charge in [-0.05, 0) is 46.8 Å². The first-order chi connectivity index (χ1) is 7.75. The van der Waals surface area contributed by atoms with Crippen LogP contribution >= 0.6 is 15.9 Å². The van der Waals surface area contributed by atoms with E-state index in [-0.39, 0.29) is 0 Å². The second-order valence-electron chi connectivity index (χ2n) is 4.27. The second-order valence-corrected chi connectivity index (χ2v) is 5.19. The summed E-state index contributed by atoms with van der Waals surface area (Å²) in [5.41, 5.74) is 0. The molecule has 4 heteroatoms. The van der Waals surface area contributed by atoms with E-state index in [4.69, 9.17) is 4.74 Å². The van der Waals surface area contributed by atoms with Crippen LogP contribution in [0.25, 0.3) is 0 Å². The van der Waals surface area contributed by atoms with Crippen LogP contribution in [0.5, 0.6) is 0 Å². The summed E-state index contributed by atoms with van der Waals surface area (Å²) in [6, 6.07) is 4.08. The molecule has 1 aliphatic heterocycles. The van der Waals surface area contributed by atoms with Crippen LogP contribution in [0.3, 0.4) is 0 Å². The van der Waals surface area contributed by atoms with Gasteiger partial charge in [-0.15, -0.1) is 0 Å². The molecule has 0 unspecified atom stereocenters. The molecule has 1 fully saturated rings. The van der Waals surface area contributed by atoms with Crippen molar-refractivity contribution in [3.05, 3.63) is 22.8 Å². The molecule has 0 aromatic carbocycles. The summed E-state index contributed by atoms with van der Waals surface area (Å²) in [6.45, 7) is 2.89. The van der Waals surface area contributed by atoms with Crippen LogP contribution in [0.1, 0.15) is 12.8 Å². The Morgan fingerprint density at radius 2 is 2.19 bits per heavy atom. The van der Waals surface area contributed by atoms with Crippen LogP contribution in [0, 0.1) is 5.92 Å². The van der Waals surface area contributed by atoms with Crippen LogP contribution in [-0.2, 0) is 4.74 Å². The maximum absolute atomic E-state index is 5.36. The molecular formula is C12H17BrN2O. The summed E-state index contributed by atoms with van der Waals surface area (Å²) in [5.74, 6) is 1.78. The molecule has 16 heavy (non-hydrogen) atoms. The van der Waals surface area contributed by atoms with E-state index in [9.17, 15) is 0 Å². The van der Waals surface area contributed by atoms with E-state index in [1.54, 1.807) is 0 Å². The second kappa shape index (κ2) is 5.64. The maximum atomic E-state index is 5.36. The van der Waals surface area contributed by atoms with Crippen molar-refractivity contribution in [3.8, 4) is 0 Å². The summed E-state index contributed by atoms with van der Waals surface area (Å²) < 4.78 is 6.39. The smallest absolute Gasteiger partial charge is 0.128 e. The number of anilines is 1. The zero-order valence-corrected chi connectivity index (χ0v) is 11.1. The minimum atomic E-state index is 0.740. The van der Waals surface area contributed by atoms with Crippen molar-refractivity contribution in [2.75, 3.05) is 31.7 Å². The highest BCUT2D eigenvalue weighted by Crippen LogP contribution is 2.19. The van der Waals surface area contributed by atoms with Gasteiger partial charge in [0.05, 0.1) is 0 Å². The summed E-state index contributed by atoms with van der Waals surface area (Å²) in [5, 5.41) is 0. The van der Waals surface area contributed by atoms with E-state index in [2.05, 4.69) is 32.9 Å². The molecule has 0 aliphatic carbocycles. The fourth-order valence-electron chi connectivity index (χ4n) is 2.00. The minimum absolute atomic E-state index is 0.740. The summed E-state index contributed by atoms with van der Waals surface area (Å²) in [6.07, 6.45) is 4.18. The Morgan fingerprint density at radius 1 is 1.44 bits per heavy atom. The van der Waals surface area contributed by atoms with Crippen molar-refractivity contribution >= 4 is 21.7 Å². The highest BCUT2D eigenvalue weighted by molar-refractivity contribution is 9.10. The van der Waals surface area contributed by atoms with Gasteiger partial charge in [-0.25, -0.2) is 4.98 Å². The third kappa shape index (κ3) is 3.19. The van der Waals surface area contributed by atoms with Gasteiger partial charge in [0.1, 0.15) is 5.82 Å². The number of halogens is 1. The van der Waals surface area contributed by atoms with Crippen molar-refractivity contribution in [1.29, 1.82) is 0 Å². The van der Waals surface area contributed by atoms with Crippen molar-refractivity contribution in [1.82, 2.24) is 4.98 Å². The molecule has 88 valence electrons. The lowest BCUT2D eigenvalue weighted by atomic mass is 10.00. The van der Waals surface area contributed by atoms with Gasteiger partial charge in [0, 0.05) is 37.5 Å². The van der Waals surface area contributed by atoms with E-state index in [1.807, 2.05) is 18.3 Å². The average molecular weight is 285 g/mol. The minimum Gasteiger partial charge on any atom is -0.381 e. The molecule has 0 amide bonds.